The fourth-order valence-electron chi connectivity index (χ4n) is 3.02. The van der Waals surface area contributed by atoms with E-state index in [9.17, 15) is 18.0 Å². The van der Waals surface area contributed by atoms with Crippen molar-refractivity contribution in [1.29, 1.82) is 0 Å². The highest BCUT2D eigenvalue weighted by atomic mass is 32.2. The van der Waals surface area contributed by atoms with E-state index in [1.165, 1.54) is 16.4 Å². The molecule has 7 nitrogen and oxygen atoms in total. The molecule has 2 aromatic carbocycles. The fourth-order valence-corrected chi connectivity index (χ4v) is 4.53. The van der Waals surface area contributed by atoms with Gasteiger partial charge in [0.2, 0.25) is 15.9 Å². The molecule has 1 amide bonds. The lowest BCUT2D eigenvalue weighted by Gasteiger charge is -2.15. The standard InChI is InChI=1S/C21H24N2O5S/c1-16-4-8-18(9-5-16)28-21(25)13-12-20(24)22-17-6-10-19(11-7-17)29(26,27)23-14-2-3-15-23/h4-11H,2-3,12-15H2,1H3,(H,22,24). The lowest BCUT2D eigenvalue weighted by atomic mass is 10.2. The molecule has 0 spiro atoms. The number of anilines is 1. The summed E-state index contributed by atoms with van der Waals surface area (Å²) in [6, 6.07) is 13.1. The van der Waals surface area contributed by atoms with E-state index in [4.69, 9.17) is 4.74 Å². The highest BCUT2D eigenvalue weighted by molar-refractivity contribution is 7.89. The Kier molecular flexibility index (Phi) is 6.66. The molecule has 1 aliphatic rings. The minimum absolute atomic E-state index is 0.0292. The largest absolute Gasteiger partial charge is 0.427 e. The quantitative estimate of drug-likeness (QED) is 0.553. The van der Waals surface area contributed by atoms with Crippen molar-refractivity contribution in [1.82, 2.24) is 4.31 Å². The molecule has 0 radical (unpaired) electrons. The van der Waals surface area contributed by atoms with Crippen LogP contribution in [0.2, 0.25) is 0 Å². The second kappa shape index (κ2) is 9.19. The van der Waals surface area contributed by atoms with Crippen LogP contribution in [0.5, 0.6) is 5.75 Å². The SMILES string of the molecule is Cc1ccc(OC(=O)CCC(=O)Nc2ccc(S(=O)(=O)N3CCCC3)cc2)cc1. The molecule has 0 aliphatic carbocycles. The zero-order valence-electron chi connectivity index (χ0n) is 16.3. The summed E-state index contributed by atoms with van der Waals surface area (Å²) < 4.78 is 31.7. The molecular weight excluding hydrogens is 392 g/mol. The topological polar surface area (TPSA) is 92.8 Å². The van der Waals surface area contributed by atoms with Gasteiger partial charge >= 0.3 is 5.97 Å². The highest BCUT2D eigenvalue weighted by Crippen LogP contribution is 2.22. The predicted molar refractivity (Wildman–Crippen MR) is 109 cm³/mol. The van der Waals surface area contributed by atoms with Gasteiger partial charge in [-0.05, 0) is 56.2 Å². The van der Waals surface area contributed by atoms with Gasteiger partial charge in [0.05, 0.1) is 11.3 Å². The van der Waals surface area contributed by atoms with Gasteiger partial charge in [0.15, 0.2) is 0 Å². The number of ether oxygens (including phenoxy) is 1. The van der Waals surface area contributed by atoms with Gasteiger partial charge in [0, 0.05) is 25.2 Å². The van der Waals surface area contributed by atoms with Crippen LogP contribution >= 0.6 is 0 Å². The molecule has 1 saturated heterocycles. The first-order valence-corrected chi connectivity index (χ1v) is 11.0. The summed E-state index contributed by atoms with van der Waals surface area (Å²) in [6.07, 6.45) is 1.67. The smallest absolute Gasteiger partial charge is 0.311 e. The average molecular weight is 416 g/mol. The van der Waals surface area contributed by atoms with Gasteiger partial charge in [0.25, 0.3) is 0 Å². The third-order valence-electron chi connectivity index (χ3n) is 4.65. The minimum atomic E-state index is -3.48. The minimum Gasteiger partial charge on any atom is -0.427 e. The van der Waals surface area contributed by atoms with E-state index in [1.807, 2.05) is 19.1 Å². The Labute approximate surface area is 170 Å². The Morgan fingerprint density at radius 1 is 0.966 bits per heavy atom. The van der Waals surface area contributed by atoms with Crippen molar-refractivity contribution in [3.05, 3.63) is 54.1 Å². The van der Waals surface area contributed by atoms with Gasteiger partial charge in [-0.1, -0.05) is 17.7 Å². The van der Waals surface area contributed by atoms with Gasteiger partial charge in [0.1, 0.15) is 5.75 Å². The number of sulfonamides is 1. The number of benzene rings is 2. The zero-order chi connectivity index (χ0) is 20.9. The summed E-state index contributed by atoms with van der Waals surface area (Å²) in [5.74, 6) is -0.395. The number of aryl methyl sites for hydroxylation is 1. The van der Waals surface area contributed by atoms with Crippen LogP contribution in [0.4, 0.5) is 5.69 Å². The second-order valence-electron chi connectivity index (χ2n) is 6.97. The molecule has 0 unspecified atom stereocenters. The molecule has 0 atom stereocenters. The van der Waals surface area contributed by atoms with Crippen LogP contribution in [0.1, 0.15) is 31.2 Å². The molecule has 0 aromatic heterocycles. The Hall–Kier alpha value is -2.71. The molecule has 1 aliphatic heterocycles. The van der Waals surface area contributed by atoms with Crippen molar-refractivity contribution in [3.63, 3.8) is 0 Å². The molecule has 29 heavy (non-hydrogen) atoms. The van der Waals surface area contributed by atoms with Crippen LogP contribution in [-0.4, -0.2) is 37.7 Å². The van der Waals surface area contributed by atoms with Crippen molar-refractivity contribution in [3.8, 4) is 5.75 Å². The van der Waals surface area contributed by atoms with Crippen LogP contribution in [0.15, 0.2) is 53.4 Å². The van der Waals surface area contributed by atoms with Crippen LogP contribution in [0.25, 0.3) is 0 Å². The molecule has 0 bridgehead atoms. The normalized spacial score (nSPS) is 14.5. The number of carbonyl (C=O) groups is 2. The summed E-state index contributed by atoms with van der Waals surface area (Å²) in [7, 11) is -3.48. The van der Waals surface area contributed by atoms with E-state index in [0.717, 1.165) is 18.4 Å². The van der Waals surface area contributed by atoms with E-state index in [1.54, 1.807) is 24.3 Å². The van der Waals surface area contributed by atoms with Gasteiger partial charge in [-0.25, -0.2) is 8.42 Å². The van der Waals surface area contributed by atoms with Gasteiger partial charge in [-0.15, -0.1) is 0 Å². The Balaban J connectivity index is 1.49. The first-order valence-electron chi connectivity index (χ1n) is 9.52. The average Bonchev–Trinajstić information content (AvgIpc) is 3.24. The molecule has 1 fully saturated rings. The van der Waals surface area contributed by atoms with Crippen molar-refractivity contribution >= 4 is 27.6 Å². The zero-order valence-corrected chi connectivity index (χ0v) is 17.1. The van der Waals surface area contributed by atoms with Crippen LogP contribution in [0, 0.1) is 6.92 Å². The summed E-state index contributed by atoms with van der Waals surface area (Å²) in [6.45, 7) is 3.02. The maximum absolute atomic E-state index is 12.5. The number of nitrogens with one attached hydrogen (secondary N) is 1. The summed E-state index contributed by atoms with van der Waals surface area (Å²) >= 11 is 0. The lowest BCUT2D eigenvalue weighted by Crippen LogP contribution is -2.27. The molecular formula is C21H24N2O5S. The molecule has 3 rings (SSSR count). The Morgan fingerprint density at radius 2 is 1.59 bits per heavy atom. The molecule has 1 heterocycles. The summed E-state index contributed by atoms with van der Waals surface area (Å²) in [5, 5.41) is 2.66. The Morgan fingerprint density at radius 3 is 2.21 bits per heavy atom. The number of nitrogens with zero attached hydrogens (tertiary/aromatic N) is 1. The summed E-state index contributed by atoms with van der Waals surface area (Å²) in [4.78, 5) is 24.1. The number of hydrogen-bond donors (Lipinski definition) is 1. The first-order chi connectivity index (χ1) is 13.8. The number of carbonyl (C=O) groups excluding carboxylic acids is 2. The molecule has 1 N–H and O–H groups in total. The van der Waals surface area contributed by atoms with E-state index >= 15 is 0 Å². The van der Waals surface area contributed by atoms with E-state index in [2.05, 4.69) is 5.32 Å². The fraction of sp³-hybridized carbons (Fsp3) is 0.333. The molecule has 0 saturated carbocycles. The van der Waals surface area contributed by atoms with E-state index in [-0.39, 0.29) is 23.6 Å². The van der Waals surface area contributed by atoms with Crippen molar-refractivity contribution in [2.24, 2.45) is 0 Å². The van der Waals surface area contributed by atoms with Crippen molar-refractivity contribution in [2.45, 2.75) is 37.5 Å². The predicted octanol–water partition coefficient (Wildman–Crippen LogP) is 3.10. The van der Waals surface area contributed by atoms with Gasteiger partial charge in [-0.3, -0.25) is 9.59 Å². The number of esters is 1. The monoisotopic (exact) mass is 416 g/mol. The maximum atomic E-state index is 12.5. The van der Waals surface area contributed by atoms with Crippen LogP contribution in [-0.2, 0) is 19.6 Å². The third-order valence-corrected chi connectivity index (χ3v) is 6.56. The lowest BCUT2D eigenvalue weighted by molar-refractivity contribution is -0.135. The molecule has 8 heteroatoms. The van der Waals surface area contributed by atoms with Crippen LogP contribution < -0.4 is 10.1 Å². The third kappa shape index (κ3) is 5.65. The van der Waals surface area contributed by atoms with Gasteiger partial charge < -0.3 is 10.1 Å². The highest BCUT2D eigenvalue weighted by Gasteiger charge is 2.26. The van der Waals surface area contributed by atoms with Gasteiger partial charge in [-0.2, -0.15) is 4.31 Å². The molecule has 154 valence electrons. The van der Waals surface area contributed by atoms with Crippen molar-refractivity contribution < 1.29 is 22.7 Å². The van der Waals surface area contributed by atoms with E-state index < -0.39 is 16.0 Å². The number of amides is 1. The molecule has 2 aromatic rings. The maximum Gasteiger partial charge on any atom is 0.311 e. The van der Waals surface area contributed by atoms with Crippen LogP contribution in [0.3, 0.4) is 0 Å². The summed E-state index contributed by atoms with van der Waals surface area (Å²) in [5.41, 5.74) is 1.53. The van der Waals surface area contributed by atoms with E-state index in [0.29, 0.717) is 24.5 Å². The second-order valence-corrected chi connectivity index (χ2v) is 8.91. The Bertz CT molecular complexity index is 963. The first kappa shape index (κ1) is 21.0. The number of rotatable bonds is 7. The van der Waals surface area contributed by atoms with Crippen molar-refractivity contribution in [2.75, 3.05) is 18.4 Å². The number of hydrogen-bond acceptors (Lipinski definition) is 5.